The zero-order valence-corrected chi connectivity index (χ0v) is 12.3. The fourth-order valence-corrected chi connectivity index (χ4v) is 3.14. The van der Waals surface area contributed by atoms with Gasteiger partial charge in [-0.25, -0.2) is 12.7 Å². The maximum absolute atomic E-state index is 11.8. The van der Waals surface area contributed by atoms with Gasteiger partial charge in [-0.05, 0) is 30.9 Å². The number of aromatic nitrogens is 1. The summed E-state index contributed by atoms with van der Waals surface area (Å²) < 4.78 is 24.3. The van der Waals surface area contributed by atoms with Crippen molar-refractivity contribution in [3.05, 3.63) is 30.1 Å². The molecule has 0 aliphatic carbocycles. The summed E-state index contributed by atoms with van der Waals surface area (Å²) in [5, 5.41) is 2.85. The molecule has 0 saturated carbocycles. The average molecular weight is 297 g/mol. The van der Waals surface area contributed by atoms with Crippen molar-refractivity contribution >= 4 is 15.9 Å². The molecule has 1 aliphatic heterocycles. The molecule has 1 amide bonds. The second kappa shape index (κ2) is 6.32. The minimum Gasteiger partial charge on any atom is -0.350 e. The number of hydrogen-bond donors (Lipinski definition) is 1. The molecule has 1 saturated heterocycles. The van der Waals surface area contributed by atoms with Crippen molar-refractivity contribution < 1.29 is 13.2 Å². The first-order valence-corrected chi connectivity index (χ1v) is 8.46. The van der Waals surface area contributed by atoms with Crippen LogP contribution in [0.3, 0.4) is 0 Å². The van der Waals surface area contributed by atoms with Gasteiger partial charge >= 0.3 is 0 Å². The number of piperidine rings is 1. The number of nitrogens with one attached hydrogen (secondary N) is 1. The SMILES string of the molecule is CS(=O)(=O)N1CCC(CNC(=O)c2ccccn2)CC1. The van der Waals surface area contributed by atoms with Gasteiger partial charge in [0.05, 0.1) is 6.26 Å². The third kappa shape index (κ3) is 4.01. The molecule has 0 radical (unpaired) electrons. The summed E-state index contributed by atoms with van der Waals surface area (Å²) in [6.07, 6.45) is 4.36. The highest BCUT2D eigenvalue weighted by Crippen LogP contribution is 2.18. The number of pyridine rings is 1. The highest BCUT2D eigenvalue weighted by molar-refractivity contribution is 7.88. The Morgan fingerprint density at radius 2 is 2.10 bits per heavy atom. The van der Waals surface area contributed by atoms with E-state index >= 15 is 0 Å². The molecule has 0 spiro atoms. The molecule has 7 heteroatoms. The zero-order valence-electron chi connectivity index (χ0n) is 11.4. The topological polar surface area (TPSA) is 79.4 Å². The van der Waals surface area contributed by atoms with Crippen molar-refractivity contribution in [3.63, 3.8) is 0 Å². The van der Waals surface area contributed by atoms with Crippen LogP contribution < -0.4 is 5.32 Å². The number of hydrogen-bond acceptors (Lipinski definition) is 4. The third-order valence-electron chi connectivity index (χ3n) is 3.49. The van der Waals surface area contributed by atoms with E-state index in [1.54, 1.807) is 24.4 Å². The molecule has 2 heterocycles. The van der Waals surface area contributed by atoms with Crippen LogP contribution in [0.4, 0.5) is 0 Å². The molecule has 0 bridgehead atoms. The van der Waals surface area contributed by atoms with E-state index in [0.717, 1.165) is 12.8 Å². The van der Waals surface area contributed by atoms with E-state index in [0.29, 0.717) is 31.2 Å². The molecule has 20 heavy (non-hydrogen) atoms. The molecule has 1 aromatic rings. The van der Waals surface area contributed by atoms with Crippen molar-refractivity contribution in [2.24, 2.45) is 5.92 Å². The van der Waals surface area contributed by atoms with E-state index < -0.39 is 10.0 Å². The summed E-state index contributed by atoms with van der Waals surface area (Å²) in [5.74, 6) is 0.136. The Morgan fingerprint density at radius 1 is 1.40 bits per heavy atom. The number of rotatable bonds is 4. The van der Waals surface area contributed by atoms with Gasteiger partial charge in [0.15, 0.2) is 0 Å². The highest BCUT2D eigenvalue weighted by atomic mass is 32.2. The van der Waals surface area contributed by atoms with Crippen molar-refractivity contribution in [2.45, 2.75) is 12.8 Å². The smallest absolute Gasteiger partial charge is 0.269 e. The van der Waals surface area contributed by atoms with Gasteiger partial charge in [0.1, 0.15) is 5.69 Å². The number of nitrogens with zero attached hydrogens (tertiary/aromatic N) is 2. The first-order chi connectivity index (χ1) is 9.47. The molecule has 2 rings (SSSR count). The molecule has 6 nitrogen and oxygen atoms in total. The Bertz CT molecular complexity index is 551. The first-order valence-electron chi connectivity index (χ1n) is 6.61. The summed E-state index contributed by atoms with van der Waals surface area (Å²) in [6.45, 7) is 1.62. The number of sulfonamides is 1. The van der Waals surface area contributed by atoms with E-state index in [4.69, 9.17) is 0 Å². The monoisotopic (exact) mass is 297 g/mol. The van der Waals surface area contributed by atoms with Gasteiger partial charge in [0, 0.05) is 25.8 Å². The molecule has 1 fully saturated rings. The summed E-state index contributed by atoms with van der Waals surface area (Å²) in [5.41, 5.74) is 0.404. The molecule has 110 valence electrons. The fraction of sp³-hybridized carbons (Fsp3) is 0.538. The molecule has 0 aromatic carbocycles. The predicted molar refractivity (Wildman–Crippen MR) is 75.7 cm³/mol. The maximum Gasteiger partial charge on any atom is 0.269 e. The van der Waals surface area contributed by atoms with E-state index in [1.807, 2.05) is 0 Å². The molecule has 0 atom stereocenters. The molecular formula is C13H19N3O3S. The van der Waals surface area contributed by atoms with Crippen LogP contribution in [0.2, 0.25) is 0 Å². The quantitative estimate of drug-likeness (QED) is 0.877. The summed E-state index contributed by atoms with van der Waals surface area (Å²) in [4.78, 5) is 15.8. The first kappa shape index (κ1) is 14.9. The van der Waals surface area contributed by atoms with Crippen molar-refractivity contribution in [3.8, 4) is 0 Å². The second-order valence-electron chi connectivity index (χ2n) is 5.03. The summed E-state index contributed by atoms with van der Waals surface area (Å²) in [7, 11) is -3.09. The summed E-state index contributed by atoms with van der Waals surface area (Å²) >= 11 is 0. The van der Waals surface area contributed by atoms with Crippen LogP contribution in [0.5, 0.6) is 0 Å². The normalized spacial score (nSPS) is 17.9. The number of carbonyl (C=O) groups is 1. The Morgan fingerprint density at radius 3 is 2.65 bits per heavy atom. The van der Waals surface area contributed by atoms with Gasteiger partial charge in [-0.2, -0.15) is 0 Å². The van der Waals surface area contributed by atoms with Crippen molar-refractivity contribution in [1.82, 2.24) is 14.6 Å². The Balaban J connectivity index is 1.78. The van der Waals surface area contributed by atoms with Crippen LogP contribution in [0.1, 0.15) is 23.3 Å². The molecule has 1 aromatic heterocycles. The molecular weight excluding hydrogens is 278 g/mol. The third-order valence-corrected chi connectivity index (χ3v) is 4.79. The van der Waals surface area contributed by atoms with Crippen molar-refractivity contribution in [2.75, 3.05) is 25.9 Å². The molecule has 1 aliphatic rings. The number of carbonyl (C=O) groups excluding carboxylic acids is 1. The lowest BCUT2D eigenvalue weighted by molar-refractivity contribution is 0.0936. The van der Waals surface area contributed by atoms with Gasteiger partial charge in [0.25, 0.3) is 5.91 Å². The van der Waals surface area contributed by atoms with E-state index in [2.05, 4.69) is 10.3 Å². The predicted octanol–water partition coefficient (Wildman–Crippen LogP) is 0.483. The minimum absolute atomic E-state index is 0.184. The van der Waals surface area contributed by atoms with Crippen LogP contribution in [0.25, 0.3) is 0 Å². The Kier molecular flexibility index (Phi) is 4.72. The van der Waals surface area contributed by atoms with E-state index in [-0.39, 0.29) is 5.91 Å². The lowest BCUT2D eigenvalue weighted by Gasteiger charge is -2.30. The Labute approximate surface area is 119 Å². The van der Waals surface area contributed by atoms with E-state index in [1.165, 1.54) is 10.6 Å². The maximum atomic E-state index is 11.8. The average Bonchev–Trinajstić information content (AvgIpc) is 2.45. The van der Waals surface area contributed by atoms with Crippen LogP contribution in [0, 0.1) is 5.92 Å². The van der Waals surface area contributed by atoms with Crippen LogP contribution in [-0.2, 0) is 10.0 Å². The standard InChI is InChI=1S/C13H19N3O3S/c1-20(18,19)16-8-5-11(6-9-16)10-15-13(17)12-4-2-3-7-14-12/h2-4,7,11H,5-6,8-10H2,1H3,(H,15,17). The fourth-order valence-electron chi connectivity index (χ4n) is 2.27. The summed E-state index contributed by atoms with van der Waals surface area (Å²) in [6, 6.07) is 5.20. The molecule has 1 N–H and O–H groups in total. The lowest BCUT2D eigenvalue weighted by Crippen LogP contribution is -2.41. The Hall–Kier alpha value is -1.47. The minimum atomic E-state index is -3.09. The van der Waals surface area contributed by atoms with Gasteiger partial charge in [-0.1, -0.05) is 6.07 Å². The van der Waals surface area contributed by atoms with Gasteiger partial charge in [0.2, 0.25) is 10.0 Å². The highest BCUT2D eigenvalue weighted by Gasteiger charge is 2.25. The zero-order chi connectivity index (χ0) is 14.6. The lowest BCUT2D eigenvalue weighted by atomic mass is 9.98. The van der Waals surface area contributed by atoms with Crippen LogP contribution >= 0.6 is 0 Å². The largest absolute Gasteiger partial charge is 0.350 e. The van der Waals surface area contributed by atoms with Crippen LogP contribution in [0.15, 0.2) is 24.4 Å². The van der Waals surface area contributed by atoms with Crippen molar-refractivity contribution in [1.29, 1.82) is 0 Å². The van der Waals surface area contributed by atoms with Gasteiger partial charge < -0.3 is 5.32 Å². The second-order valence-corrected chi connectivity index (χ2v) is 7.01. The van der Waals surface area contributed by atoms with E-state index in [9.17, 15) is 13.2 Å². The number of amides is 1. The van der Waals surface area contributed by atoms with Gasteiger partial charge in [-0.15, -0.1) is 0 Å². The van der Waals surface area contributed by atoms with Gasteiger partial charge in [-0.3, -0.25) is 9.78 Å². The molecule has 0 unspecified atom stereocenters. The van der Waals surface area contributed by atoms with Crippen LogP contribution in [-0.4, -0.2) is 49.5 Å².